The molecule has 27 heavy (non-hydrogen) atoms. The van der Waals surface area contributed by atoms with Gasteiger partial charge in [0, 0.05) is 29.7 Å². The summed E-state index contributed by atoms with van der Waals surface area (Å²) in [6.45, 7) is 1.99. The SMILES string of the molecule is Cc1ccccc1-c1noc(CCCC(=O)Nc2ccc(C(N)=O)cc2)n1. The lowest BCUT2D eigenvalue weighted by atomic mass is 10.1. The number of amides is 2. The first kappa shape index (κ1) is 18.3. The van der Waals surface area contributed by atoms with Crippen molar-refractivity contribution in [3.8, 4) is 11.4 Å². The van der Waals surface area contributed by atoms with Gasteiger partial charge >= 0.3 is 0 Å². The molecule has 2 aromatic carbocycles. The fourth-order valence-electron chi connectivity index (χ4n) is 2.63. The molecular formula is C20H20N4O3. The lowest BCUT2D eigenvalue weighted by Crippen LogP contribution is -2.13. The predicted octanol–water partition coefficient (Wildman–Crippen LogP) is 3.11. The van der Waals surface area contributed by atoms with Crippen molar-refractivity contribution in [2.45, 2.75) is 26.2 Å². The summed E-state index contributed by atoms with van der Waals surface area (Å²) in [6.07, 6.45) is 1.42. The molecule has 0 unspecified atom stereocenters. The smallest absolute Gasteiger partial charge is 0.248 e. The number of benzene rings is 2. The van der Waals surface area contributed by atoms with Crippen LogP contribution in [0, 0.1) is 6.92 Å². The minimum absolute atomic E-state index is 0.125. The zero-order valence-electron chi connectivity index (χ0n) is 14.9. The molecule has 7 heteroatoms. The number of nitrogens with two attached hydrogens (primary N) is 1. The Morgan fingerprint density at radius 1 is 1.11 bits per heavy atom. The molecule has 3 aromatic rings. The van der Waals surface area contributed by atoms with Gasteiger partial charge in [-0.1, -0.05) is 29.4 Å². The van der Waals surface area contributed by atoms with Crippen molar-refractivity contribution < 1.29 is 14.1 Å². The molecule has 0 aliphatic heterocycles. The van der Waals surface area contributed by atoms with Gasteiger partial charge in [-0.05, 0) is 43.2 Å². The Bertz CT molecular complexity index is 948. The molecule has 0 radical (unpaired) electrons. The number of anilines is 1. The molecule has 1 heterocycles. The van der Waals surface area contributed by atoms with Gasteiger partial charge in [-0.2, -0.15) is 4.98 Å². The van der Waals surface area contributed by atoms with Crippen LogP contribution in [0.1, 0.15) is 34.7 Å². The number of aromatic nitrogens is 2. The quantitative estimate of drug-likeness (QED) is 0.669. The highest BCUT2D eigenvalue weighted by molar-refractivity contribution is 5.94. The van der Waals surface area contributed by atoms with Crippen molar-refractivity contribution in [3.63, 3.8) is 0 Å². The van der Waals surface area contributed by atoms with Crippen LogP contribution < -0.4 is 11.1 Å². The summed E-state index contributed by atoms with van der Waals surface area (Å²) >= 11 is 0. The van der Waals surface area contributed by atoms with E-state index in [4.69, 9.17) is 10.3 Å². The van der Waals surface area contributed by atoms with E-state index in [1.165, 1.54) is 0 Å². The van der Waals surface area contributed by atoms with Crippen LogP contribution >= 0.6 is 0 Å². The van der Waals surface area contributed by atoms with Crippen molar-refractivity contribution in [1.29, 1.82) is 0 Å². The average molecular weight is 364 g/mol. The molecule has 0 aliphatic rings. The van der Waals surface area contributed by atoms with E-state index in [-0.39, 0.29) is 5.91 Å². The van der Waals surface area contributed by atoms with Crippen molar-refractivity contribution in [3.05, 3.63) is 65.5 Å². The number of nitrogens with one attached hydrogen (secondary N) is 1. The summed E-state index contributed by atoms with van der Waals surface area (Å²) in [6, 6.07) is 14.3. The van der Waals surface area contributed by atoms with E-state index in [0.29, 0.717) is 42.2 Å². The van der Waals surface area contributed by atoms with Gasteiger partial charge < -0.3 is 15.6 Å². The monoisotopic (exact) mass is 364 g/mol. The molecule has 0 saturated carbocycles. The molecule has 2 amide bonds. The van der Waals surface area contributed by atoms with Gasteiger partial charge in [-0.25, -0.2) is 0 Å². The van der Waals surface area contributed by atoms with Crippen LogP contribution in [0.2, 0.25) is 0 Å². The van der Waals surface area contributed by atoms with Gasteiger partial charge in [0.15, 0.2) is 0 Å². The molecule has 0 atom stereocenters. The Morgan fingerprint density at radius 2 is 1.85 bits per heavy atom. The molecule has 3 rings (SSSR count). The van der Waals surface area contributed by atoms with Crippen molar-refractivity contribution in [2.24, 2.45) is 5.73 Å². The fourth-order valence-corrected chi connectivity index (χ4v) is 2.63. The predicted molar refractivity (Wildman–Crippen MR) is 101 cm³/mol. The summed E-state index contributed by atoms with van der Waals surface area (Å²) in [7, 11) is 0. The summed E-state index contributed by atoms with van der Waals surface area (Å²) in [4.78, 5) is 27.5. The molecule has 0 spiro atoms. The third-order valence-electron chi connectivity index (χ3n) is 4.10. The van der Waals surface area contributed by atoms with Crippen molar-refractivity contribution in [2.75, 3.05) is 5.32 Å². The zero-order chi connectivity index (χ0) is 19.2. The van der Waals surface area contributed by atoms with Crippen LogP contribution in [-0.4, -0.2) is 22.0 Å². The first-order valence-electron chi connectivity index (χ1n) is 8.61. The first-order chi connectivity index (χ1) is 13.0. The van der Waals surface area contributed by atoms with E-state index < -0.39 is 5.91 Å². The van der Waals surface area contributed by atoms with E-state index in [0.717, 1.165) is 11.1 Å². The standard InChI is InChI=1S/C20H20N4O3/c1-13-5-2-3-6-16(13)20-23-18(27-24-20)8-4-7-17(25)22-15-11-9-14(10-12-15)19(21)26/h2-3,5-6,9-12H,4,7-8H2,1H3,(H2,21,26)(H,22,25). The number of rotatable bonds is 7. The third kappa shape index (κ3) is 4.78. The highest BCUT2D eigenvalue weighted by atomic mass is 16.5. The van der Waals surface area contributed by atoms with Gasteiger partial charge in [0.05, 0.1) is 0 Å². The molecule has 7 nitrogen and oxygen atoms in total. The third-order valence-corrected chi connectivity index (χ3v) is 4.10. The second kappa shape index (κ2) is 8.27. The highest BCUT2D eigenvalue weighted by Crippen LogP contribution is 2.20. The van der Waals surface area contributed by atoms with Gasteiger partial charge in [0.25, 0.3) is 0 Å². The number of hydrogen-bond acceptors (Lipinski definition) is 5. The second-order valence-electron chi connectivity index (χ2n) is 6.17. The normalized spacial score (nSPS) is 10.6. The lowest BCUT2D eigenvalue weighted by molar-refractivity contribution is -0.116. The summed E-state index contributed by atoms with van der Waals surface area (Å²) in [5, 5.41) is 6.79. The van der Waals surface area contributed by atoms with Crippen LogP contribution in [0.4, 0.5) is 5.69 Å². The number of aryl methyl sites for hydroxylation is 2. The van der Waals surface area contributed by atoms with Crippen molar-refractivity contribution >= 4 is 17.5 Å². The highest BCUT2D eigenvalue weighted by Gasteiger charge is 2.11. The zero-order valence-corrected chi connectivity index (χ0v) is 14.9. The molecule has 3 N–H and O–H groups in total. The van der Waals surface area contributed by atoms with Gasteiger partial charge in [0.1, 0.15) is 0 Å². The minimum Gasteiger partial charge on any atom is -0.366 e. The molecule has 1 aromatic heterocycles. The molecule has 0 bridgehead atoms. The van der Waals surface area contributed by atoms with E-state index in [1.54, 1.807) is 24.3 Å². The van der Waals surface area contributed by atoms with E-state index >= 15 is 0 Å². The summed E-state index contributed by atoms with van der Waals surface area (Å²) < 4.78 is 5.27. The Morgan fingerprint density at radius 3 is 2.56 bits per heavy atom. The topological polar surface area (TPSA) is 111 Å². The van der Waals surface area contributed by atoms with Crippen LogP contribution in [-0.2, 0) is 11.2 Å². The largest absolute Gasteiger partial charge is 0.366 e. The number of carbonyl (C=O) groups is 2. The van der Waals surface area contributed by atoms with Crippen LogP contribution in [0.5, 0.6) is 0 Å². The number of primary amides is 1. The molecular weight excluding hydrogens is 344 g/mol. The molecule has 0 saturated heterocycles. The molecule has 0 aliphatic carbocycles. The van der Waals surface area contributed by atoms with E-state index in [2.05, 4.69) is 15.5 Å². The molecule has 138 valence electrons. The fraction of sp³-hybridized carbons (Fsp3) is 0.200. The average Bonchev–Trinajstić information content (AvgIpc) is 3.11. The maximum Gasteiger partial charge on any atom is 0.248 e. The van der Waals surface area contributed by atoms with Gasteiger partial charge in [-0.3, -0.25) is 9.59 Å². The first-order valence-corrected chi connectivity index (χ1v) is 8.61. The number of hydrogen-bond donors (Lipinski definition) is 2. The van der Waals surface area contributed by atoms with Crippen LogP contribution in [0.3, 0.4) is 0 Å². The van der Waals surface area contributed by atoms with E-state index in [9.17, 15) is 9.59 Å². The van der Waals surface area contributed by atoms with E-state index in [1.807, 2.05) is 31.2 Å². The van der Waals surface area contributed by atoms with Crippen molar-refractivity contribution in [1.82, 2.24) is 10.1 Å². The Labute approximate surface area is 156 Å². The maximum absolute atomic E-state index is 12.0. The minimum atomic E-state index is -0.502. The number of carbonyl (C=O) groups excluding carboxylic acids is 2. The number of nitrogens with zero attached hydrogens (tertiary/aromatic N) is 2. The van der Waals surface area contributed by atoms with Gasteiger partial charge in [-0.15, -0.1) is 0 Å². The van der Waals surface area contributed by atoms with Gasteiger partial charge in [0.2, 0.25) is 23.5 Å². The Kier molecular flexibility index (Phi) is 5.61. The maximum atomic E-state index is 12.0. The van der Waals surface area contributed by atoms with Crippen LogP contribution in [0.15, 0.2) is 53.1 Å². The Balaban J connectivity index is 1.49. The molecule has 0 fully saturated rings. The summed E-state index contributed by atoms with van der Waals surface area (Å²) in [5.41, 5.74) is 8.21. The second-order valence-corrected chi connectivity index (χ2v) is 6.17. The lowest BCUT2D eigenvalue weighted by Gasteiger charge is -2.05. The Hall–Kier alpha value is -3.48. The summed E-state index contributed by atoms with van der Waals surface area (Å²) in [5.74, 6) is 0.437. The van der Waals surface area contributed by atoms with Crippen LogP contribution in [0.25, 0.3) is 11.4 Å².